The molecule has 2 aliphatic heterocycles. The first kappa shape index (κ1) is 17.9. The van der Waals surface area contributed by atoms with Gasteiger partial charge in [-0.3, -0.25) is 4.79 Å². The van der Waals surface area contributed by atoms with Gasteiger partial charge in [0.25, 0.3) is 0 Å². The summed E-state index contributed by atoms with van der Waals surface area (Å²) in [6.45, 7) is 3.47. The molecule has 0 bridgehead atoms. The molecule has 4 rings (SSSR count). The Morgan fingerprint density at radius 2 is 2.07 bits per heavy atom. The predicted octanol–water partition coefficient (Wildman–Crippen LogP) is 2.03. The summed E-state index contributed by atoms with van der Waals surface area (Å²) in [4.78, 5) is 26.4. The molecule has 0 radical (unpaired) electrons. The number of ether oxygens (including phenoxy) is 1. The zero-order chi connectivity index (χ0) is 18.8. The van der Waals surface area contributed by atoms with Gasteiger partial charge >= 0.3 is 0 Å². The monoisotopic (exact) mass is 366 g/mol. The Balaban J connectivity index is 1.41. The van der Waals surface area contributed by atoms with Crippen LogP contribution < -0.4 is 4.74 Å². The number of rotatable bonds is 4. The van der Waals surface area contributed by atoms with Gasteiger partial charge in [-0.25, -0.2) is 9.97 Å². The molecule has 0 aliphatic carbocycles. The van der Waals surface area contributed by atoms with Crippen molar-refractivity contribution in [1.29, 1.82) is 0 Å². The van der Waals surface area contributed by atoms with Crippen LogP contribution >= 0.6 is 0 Å². The van der Waals surface area contributed by atoms with Crippen LogP contribution in [0.15, 0.2) is 30.5 Å². The van der Waals surface area contributed by atoms with Crippen molar-refractivity contribution in [3.05, 3.63) is 53.1 Å². The van der Waals surface area contributed by atoms with Gasteiger partial charge in [0, 0.05) is 43.7 Å². The summed E-state index contributed by atoms with van der Waals surface area (Å²) in [5.41, 5.74) is 3.20. The predicted molar refractivity (Wildman–Crippen MR) is 103 cm³/mol. The number of benzene rings is 1. The number of likely N-dealkylation sites (N-methyl/N-ethyl adjacent to an activating group) is 1. The average Bonchev–Trinajstić information content (AvgIpc) is 3.14. The van der Waals surface area contributed by atoms with Crippen molar-refractivity contribution >= 4 is 5.91 Å². The Hall–Kier alpha value is -2.47. The molecule has 3 heterocycles. The second kappa shape index (κ2) is 7.64. The van der Waals surface area contributed by atoms with Crippen LogP contribution in [0.5, 0.6) is 5.75 Å². The maximum absolute atomic E-state index is 12.7. The summed E-state index contributed by atoms with van der Waals surface area (Å²) in [5, 5.41) is 0. The summed E-state index contributed by atoms with van der Waals surface area (Å²) in [7, 11) is 3.79. The third-order valence-electron chi connectivity index (χ3n) is 5.58. The number of aromatic nitrogens is 2. The fraction of sp³-hybridized carbons (Fsp3) is 0.476. The summed E-state index contributed by atoms with van der Waals surface area (Å²) < 4.78 is 5.17. The van der Waals surface area contributed by atoms with Crippen LogP contribution in [-0.2, 0) is 24.2 Å². The van der Waals surface area contributed by atoms with Crippen molar-refractivity contribution in [2.75, 3.05) is 33.8 Å². The van der Waals surface area contributed by atoms with Gasteiger partial charge in [0.2, 0.25) is 5.91 Å². The van der Waals surface area contributed by atoms with Gasteiger partial charge in [-0.05, 0) is 37.7 Å². The smallest absolute Gasteiger partial charge is 0.227 e. The van der Waals surface area contributed by atoms with Crippen LogP contribution in [0.4, 0.5) is 0 Å². The lowest BCUT2D eigenvalue weighted by Gasteiger charge is -2.28. The first-order chi connectivity index (χ1) is 13.1. The molecule has 1 fully saturated rings. The minimum absolute atomic E-state index is 0.146. The van der Waals surface area contributed by atoms with Crippen molar-refractivity contribution in [2.24, 2.45) is 0 Å². The van der Waals surface area contributed by atoms with E-state index in [9.17, 15) is 4.79 Å². The normalized spacial score (nSPS) is 19.8. The summed E-state index contributed by atoms with van der Waals surface area (Å²) >= 11 is 0. The molecule has 1 aromatic heterocycles. The topological polar surface area (TPSA) is 58.6 Å². The molecule has 142 valence electrons. The molecular weight excluding hydrogens is 340 g/mol. The number of likely N-dealkylation sites (tertiary alicyclic amines) is 1. The molecule has 6 nitrogen and oxygen atoms in total. The van der Waals surface area contributed by atoms with E-state index in [-0.39, 0.29) is 5.91 Å². The van der Waals surface area contributed by atoms with Gasteiger partial charge in [0.1, 0.15) is 11.6 Å². The summed E-state index contributed by atoms with van der Waals surface area (Å²) in [5.74, 6) is 2.36. The molecule has 1 aromatic carbocycles. The fourth-order valence-electron chi connectivity index (χ4n) is 3.92. The van der Waals surface area contributed by atoms with E-state index in [0.29, 0.717) is 18.9 Å². The van der Waals surface area contributed by atoms with Crippen molar-refractivity contribution in [1.82, 2.24) is 19.8 Å². The Kier molecular flexibility index (Phi) is 5.07. The van der Waals surface area contributed by atoms with Crippen LogP contribution in [-0.4, -0.2) is 59.5 Å². The molecule has 1 atom stereocenters. The third-order valence-corrected chi connectivity index (χ3v) is 5.58. The van der Waals surface area contributed by atoms with E-state index < -0.39 is 0 Å². The molecule has 0 saturated carbocycles. The Labute approximate surface area is 160 Å². The molecule has 1 saturated heterocycles. The van der Waals surface area contributed by atoms with Gasteiger partial charge in [0.15, 0.2) is 0 Å². The summed E-state index contributed by atoms with van der Waals surface area (Å²) in [6.07, 6.45) is 4.28. The second-order valence-corrected chi connectivity index (χ2v) is 7.54. The van der Waals surface area contributed by atoms with Crippen LogP contribution in [0.25, 0.3) is 0 Å². The lowest BCUT2D eigenvalue weighted by atomic mass is 10.0. The minimum Gasteiger partial charge on any atom is -0.497 e. The molecule has 2 aromatic rings. The standard InChI is InChI=1S/C21H26N4O2/c1-24-9-7-16(13-24)21-22-12-17-14-25(10-8-19(17)23-21)20(26)11-15-3-5-18(27-2)6-4-15/h3-6,12,16H,7-11,13-14H2,1-2H3/t16-/m0/s1. The lowest BCUT2D eigenvalue weighted by Crippen LogP contribution is -2.37. The van der Waals surface area contributed by atoms with Gasteiger partial charge in [-0.1, -0.05) is 12.1 Å². The largest absolute Gasteiger partial charge is 0.497 e. The van der Waals surface area contributed by atoms with E-state index in [4.69, 9.17) is 9.72 Å². The number of nitrogens with zero attached hydrogens (tertiary/aromatic N) is 4. The molecule has 27 heavy (non-hydrogen) atoms. The highest BCUT2D eigenvalue weighted by Gasteiger charge is 2.26. The maximum Gasteiger partial charge on any atom is 0.227 e. The highest BCUT2D eigenvalue weighted by Crippen LogP contribution is 2.25. The van der Waals surface area contributed by atoms with Crippen LogP contribution in [0, 0.1) is 0 Å². The maximum atomic E-state index is 12.7. The number of carbonyl (C=O) groups is 1. The number of carbonyl (C=O) groups excluding carboxylic acids is 1. The molecule has 0 N–H and O–H groups in total. The summed E-state index contributed by atoms with van der Waals surface area (Å²) in [6, 6.07) is 7.68. The van der Waals surface area contributed by atoms with E-state index >= 15 is 0 Å². The molecule has 6 heteroatoms. The van der Waals surface area contributed by atoms with E-state index in [1.807, 2.05) is 35.4 Å². The highest BCUT2D eigenvalue weighted by atomic mass is 16.5. The van der Waals surface area contributed by atoms with E-state index in [1.54, 1.807) is 7.11 Å². The fourth-order valence-corrected chi connectivity index (χ4v) is 3.92. The van der Waals surface area contributed by atoms with Crippen molar-refractivity contribution in [3.8, 4) is 5.75 Å². The first-order valence-electron chi connectivity index (χ1n) is 9.56. The molecule has 2 aliphatic rings. The van der Waals surface area contributed by atoms with Crippen molar-refractivity contribution in [2.45, 2.75) is 31.7 Å². The Bertz CT molecular complexity index is 821. The SMILES string of the molecule is COc1ccc(CC(=O)N2CCc3nc([C@H]4CCN(C)C4)ncc3C2)cc1. The van der Waals surface area contributed by atoms with E-state index in [1.165, 1.54) is 0 Å². The Morgan fingerprint density at radius 1 is 1.26 bits per heavy atom. The van der Waals surface area contributed by atoms with Crippen molar-refractivity contribution < 1.29 is 9.53 Å². The van der Waals surface area contributed by atoms with E-state index in [2.05, 4.69) is 16.9 Å². The second-order valence-electron chi connectivity index (χ2n) is 7.54. The number of methoxy groups -OCH3 is 1. The minimum atomic E-state index is 0.146. The first-order valence-corrected chi connectivity index (χ1v) is 9.56. The number of amides is 1. The van der Waals surface area contributed by atoms with Crippen LogP contribution in [0.2, 0.25) is 0 Å². The average molecular weight is 366 g/mol. The van der Waals surface area contributed by atoms with Gasteiger partial charge < -0.3 is 14.5 Å². The number of fused-ring (bicyclic) bond motifs is 1. The van der Waals surface area contributed by atoms with Crippen LogP contribution in [0.1, 0.15) is 35.0 Å². The van der Waals surface area contributed by atoms with Gasteiger partial charge in [-0.15, -0.1) is 0 Å². The van der Waals surface area contributed by atoms with Gasteiger partial charge in [0.05, 0.1) is 19.2 Å². The van der Waals surface area contributed by atoms with E-state index in [0.717, 1.165) is 60.9 Å². The lowest BCUT2D eigenvalue weighted by molar-refractivity contribution is -0.131. The third kappa shape index (κ3) is 3.95. The zero-order valence-electron chi connectivity index (χ0n) is 16.0. The molecule has 0 spiro atoms. The van der Waals surface area contributed by atoms with Gasteiger partial charge in [-0.2, -0.15) is 0 Å². The van der Waals surface area contributed by atoms with Crippen molar-refractivity contribution in [3.63, 3.8) is 0 Å². The molecule has 1 amide bonds. The zero-order valence-corrected chi connectivity index (χ0v) is 16.0. The molecule has 0 unspecified atom stereocenters. The quantitative estimate of drug-likeness (QED) is 0.829. The number of hydrogen-bond acceptors (Lipinski definition) is 5. The highest BCUT2D eigenvalue weighted by molar-refractivity contribution is 5.79. The Morgan fingerprint density at radius 3 is 2.78 bits per heavy atom. The molecular formula is C21H26N4O2. The number of hydrogen-bond donors (Lipinski definition) is 0. The van der Waals surface area contributed by atoms with Crippen LogP contribution in [0.3, 0.4) is 0 Å².